The Morgan fingerprint density at radius 1 is 1.35 bits per heavy atom. The average Bonchev–Trinajstić information content (AvgIpc) is 3.07. The molecule has 7 nitrogen and oxygen atoms in total. The first-order valence-electron chi connectivity index (χ1n) is 9.96. The largest absolute Gasteiger partial charge is 0.381 e. The molecule has 1 aromatic heterocycles. The standard InChI is InChI=1S/C19H35N5O2/c1-3-20-19(21-9-4-6-18-14-23-24-16(18)2)22-10-5-11-26-15-17-7-12-25-13-8-17/h14,17H,3-13,15H2,1-2H3,(H,23,24)(H2,20,21,22). The van der Waals surface area contributed by atoms with Gasteiger partial charge in [0.1, 0.15) is 0 Å². The lowest BCUT2D eigenvalue weighted by Crippen LogP contribution is -2.38. The van der Waals surface area contributed by atoms with Crippen molar-refractivity contribution in [2.75, 3.05) is 46.1 Å². The summed E-state index contributed by atoms with van der Waals surface area (Å²) in [6, 6.07) is 0. The van der Waals surface area contributed by atoms with E-state index in [9.17, 15) is 0 Å². The molecule has 2 heterocycles. The Kier molecular flexibility index (Phi) is 10.1. The van der Waals surface area contributed by atoms with Gasteiger partial charge < -0.3 is 20.1 Å². The van der Waals surface area contributed by atoms with Crippen LogP contribution in [0.3, 0.4) is 0 Å². The monoisotopic (exact) mass is 365 g/mol. The number of H-pyrrole nitrogens is 1. The summed E-state index contributed by atoms with van der Waals surface area (Å²) < 4.78 is 11.2. The molecule has 0 aromatic carbocycles. The molecular weight excluding hydrogens is 330 g/mol. The fraction of sp³-hybridized carbons (Fsp3) is 0.789. The van der Waals surface area contributed by atoms with E-state index >= 15 is 0 Å². The third kappa shape index (κ3) is 8.19. The number of rotatable bonds is 11. The summed E-state index contributed by atoms with van der Waals surface area (Å²) in [6.07, 6.45) is 7.18. The zero-order valence-electron chi connectivity index (χ0n) is 16.4. The van der Waals surface area contributed by atoms with Crippen LogP contribution in [0.1, 0.15) is 43.9 Å². The van der Waals surface area contributed by atoms with Gasteiger partial charge in [-0.25, -0.2) is 0 Å². The fourth-order valence-corrected chi connectivity index (χ4v) is 2.97. The van der Waals surface area contributed by atoms with Gasteiger partial charge in [-0.3, -0.25) is 10.1 Å². The molecule has 1 aliphatic rings. The van der Waals surface area contributed by atoms with Gasteiger partial charge in [0.15, 0.2) is 5.96 Å². The van der Waals surface area contributed by atoms with Crippen molar-refractivity contribution in [2.24, 2.45) is 10.9 Å². The fourth-order valence-electron chi connectivity index (χ4n) is 2.97. The molecule has 0 aliphatic carbocycles. The molecule has 26 heavy (non-hydrogen) atoms. The first-order valence-corrected chi connectivity index (χ1v) is 9.96. The maximum atomic E-state index is 5.80. The van der Waals surface area contributed by atoms with E-state index in [1.54, 1.807) is 0 Å². The molecule has 0 saturated carbocycles. The highest BCUT2D eigenvalue weighted by Crippen LogP contribution is 2.14. The van der Waals surface area contributed by atoms with Crippen molar-refractivity contribution in [1.29, 1.82) is 0 Å². The molecule has 0 radical (unpaired) electrons. The first kappa shape index (κ1) is 20.7. The number of aryl methyl sites for hydroxylation is 2. The maximum Gasteiger partial charge on any atom is 0.191 e. The molecule has 1 aromatic rings. The lowest BCUT2D eigenvalue weighted by atomic mass is 10.0. The Morgan fingerprint density at radius 3 is 2.92 bits per heavy atom. The van der Waals surface area contributed by atoms with Crippen LogP contribution in [0.5, 0.6) is 0 Å². The van der Waals surface area contributed by atoms with Crippen LogP contribution in [0.25, 0.3) is 0 Å². The summed E-state index contributed by atoms with van der Waals surface area (Å²) in [6.45, 7) is 10.1. The summed E-state index contributed by atoms with van der Waals surface area (Å²) in [5.74, 6) is 1.57. The van der Waals surface area contributed by atoms with Crippen molar-refractivity contribution >= 4 is 5.96 Å². The van der Waals surface area contributed by atoms with Crippen LogP contribution in [-0.4, -0.2) is 62.2 Å². The minimum absolute atomic E-state index is 0.675. The molecule has 0 bridgehead atoms. The predicted octanol–water partition coefficient (Wildman–Crippen LogP) is 2.04. The van der Waals surface area contributed by atoms with Crippen LogP contribution in [-0.2, 0) is 15.9 Å². The van der Waals surface area contributed by atoms with Gasteiger partial charge in [-0.05, 0) is 57.4 Å². The molecule has 0 spiro atoms. The van der Waals surface area contributed by atoms with E-state index in [1.165, 1.54) is 5.56 Å². The van der Waals surface area contributed by atoms with E-state index in [0.29, 0.717) is 5.92 Å². The Morgan fingerprint density at radius 2 is 2.19 bits per heavy atom. The van der Waals surface area contributed by atoms with Gasteiger partial charge in [-0.15, -0.1) is 0 Å². The second-order valence-electron chi connectivity index (χ2n) is 6.80. The minimum atomic E-state index is 0.675. The molecule has 1 fully saturated rings. The summed E-state index contributed by atoms with van der Waals surface area (Å²) in [5.41, 5.74) is 2.43. The van der Waals surface area contributed by atoms with E-state index in [1.807, 2.05) is 6.20 Å². The van der Waals surface area contributed by atoms with Gasteiger partial charge in [0, 0.05) is 51.8 Å². The molecule has 148 valence electrons. The van der Waals surface area contributed by atoms with Crippen molar-refractivity contribution in [3.63, 3.8) is 0 Å². The summed E-state index contributed by atoms with van der Waals surface area (Å²) in [4.78, 5) is 4.64. The zero-order chi connectivity index (χ0) is 18.5. The van der Waals surface area contributed by atoms with E-state index < -0.39 is 0 Å². The van der Waals surface area contributed by atoms with Crippen LogP contribution in [0.4, 0.5) is 0 Å². The molecule has 0 amide bonds. The average molecular weight is 366 g/mol. The number of nitrogens with zero attached hydrogens (tertiary/aromatic N) is 2. The Balaban J connectivity index is 1.54. The Hall–Kier alpha value is -1.60. The van der Waals surface area contributed by atoms with Crippen molar-refractivity contribution in [2.45, 2.75) is 46.0 Å². The summed E-state index contributed by atoms with van der Waals surface area (Å²) in [5, 5.41) is 13.7. The van der Waals surface area contributed by atoms with Crippen LogP contribution in [0.2, 0.25) is 0 Å². The van der Waals surface area contributed by atoms with Gasteiger partial charge in [0.25, 0.3) is 0 Å². The van der Waals surface area contributed by atoms with Gasteiger partial charge in [0.2, 0.25) is 0 Å². The third-order valence-corrected chi connectivity index (χ3v) is 4.61. The number of guanidine groups is 1. The molecule has 1 aliphatic heterocycles. The molecule has 7 heteroatoms. The SMILES string of the molecule is CCNC(=NCCCc1cn[nH]c1C)NCCCOCC1CCOCC1. The minimum Gasteiger partial charge on any atom is -0.381 e. The van der Waals surface area contributed by atoms with E-state index in [4.69, 9.17) is 9.47 Å². The van der Waals surface area contributed by atoms with Gasteiger partial charge >= 0.3 is 0 Å². The Labute approximate surface area is 157 Å². The van der Waals surface area contributed by atoms with Gasteiger partial charge in [0.05, 0.1) is 6.20 Å². The molecule has 0 unspecified atom stereocenters. The molecule has 2 rings (SSSR count). The van der Waals surface area contributed by atoms with E-state index in [2.05, 4.69) is 39.7 Å². The second kappa shape index (κ2) is 12.7. The third-order valence-electron chi connectivity index (χ3n) is 4.61. The highest BCUT2D eigenvalue weighted by atomic mass is 16.5. The van der Waals surface area contributed by atoms with Crippen LogP contribution < -0.4 is 10.6 Å². The predicted molar refractivity (Wildman–Crippen MR) is 105 cm³/mol. The van der Waals surface area contributed by atoms with Crippen LogP contribution in [0, 0.1) is 12.8 Å². The highest BCUT2D eigenvalue weighted by Gasteiger charge is 2.13. The molecule has 3 N–H and O–H groups in total. The van der Waals surface area contributed by atoms with Crippen LogP contribution >= 0.6 is 0 Å². The number of aromatic nitrogens is 2. The first-order chi connectivity index (χ1) is 12.8. The number of aromatic amines is 1. The smallest absolute Gasteiger partial charge is 0.191 e. The number of aliphatic imine (C=N–C) groups is 1. The van der Waals surface area contributed by atoms with E-state index in [0.717, 1.165) is 89.8 Å². The van der Waals surface area contributed by atoms with Crippen molar-refractivity contribution < 1.29 is 9.47 Å². The zero-order valence-corrected chi connectivity index (χ0v) is 16.4. The maximum absolute atomic E-state index is 5.80. The second-order valence-corrected chi connectivity index (χ2v) is 6.80. The van der Waals surface area contributed by atoms with Crippen molar-refractivity contribution in [3.05, 3.63) is 17.5 Å². The van der Waals surface area contributed by atoms with Crippen molar-refractivity contribution in [1.82, 2.24) is 20.8 Å². The summed E-state index contributed by atoms with van der Waals surface area (Å²) >= 11 is 0. The number of hydrogen-bond acceptors (Lipinski definition) is 4. The topological polar surface area (TPSA) is 83.6 Å². The van der Waals surface area contributed by atoms with Gasteiger partial charge in [-0.2, -0.15) is 5.10 Å². The van der Waals surface area contributed by atoms with Crippen molar-refractivity contribution in [3.8, 4) is 0 Å². The quantitative estimate of drug-likeness (QED) is 0.317. The Bertz CT molecular complexity index is 512. The number of hydrogen-bond donors (Lipinski definition) is 3. The van der Waals surface area contributed by atoms with E-state index in [-0.39, 0.29) is 0 Å². The lowest BCUT2D eigenvalue weighted by molar-refractivity contribution is 0.0203. The number of nitrogens with one attached hydrogen (secondary N) is 3. The van der Waals surface area contributed by atoms with Crippen LogP contribution in [0.15, 0.2) is 11.2 Å². The molecule has 1 saturated heterocycles. The normalized spacial score (nSPS) is 16.0. The molecule has 0 atom stereocenters. The highest BCUT2D eigenvalue weighted by molar-refractivity contribution is 5.79. The lowest BCUT2D eigenvalue weighted by Gasteiger charge is -2.21. The summed E-state index contributed by atoms with van der Waals surface area (Å²) in [7, 11) is 0. The number of ether oxygens (including phenoxy) is 2. The van der Waals surface area contributed by atoms with Gasteiger partial charge in [-0.1, -0.05) is 0 Å². The molecular formula is C19H35N5O2.